The normalized spacial score (nSPS) is 12.3. The lowest BCUT2D eigenvalue weighted by atomic mass is 9.94. The molecule has 0 aliphatic rings. The quantitative estimate of drug-likeness (QED) is 0.427. The van der Waals surface area contributed by atoms with Gasteiger partial charge in [-0.15, -0.1) is 11.8 Å². The van der Waals surface area contributed by atoms with Gasteiger partial charge in [0.15, 0.2) is 5.13 Å². The topological polar surface area (TPSA) is 131 Å². The summed E-state index contributed by atoms with van der Waals surface area (Å²) in [5.74, 6) is 2.12. The van der Waals surface area contributed by atoms with E-state index in [1.165, 1.54) is 17.4 Å². The molecule has 162 valence electrons. The minimum Gasteiger partial charge on any atom is -0.444 e. The Bertz CT molecular complexity index is 1120. The van der Waals surface area contributed by atoms with Crippen molar-refractivity contribution in [3.05, 3.63) is 47.8 Å². The summed E-state index contributed by atoms with van der Waals surface area (Å²) in [7, 11) is -3.85. The molecule has 0 saturated carbocycles. The number of aromatic nitrogens is 2. The molecule has 3 aromatic rings. The molecule has 4 N–H and O–H groups in total. The van der Waals surface area contributed by atoms with Crippen LogP contribution in [-0.4, -0.2) is 30.1 Å². The Morgan fingerprint density at radius 1 is 1.27 bits per heavy atom. The first-order valence-corrected chi connectivity index (χ1v) is 12.5. The number of hydrogen-bond donors (Lipinski definition) is 3. The first-order valence-electron chi connectivity index (χ1n) is 9.13. The van der Waals surface area contributed by atoms with E-state index < -0.39 is 10.0 Å². The van der Waals surface area contributed by atoms with Crippen LogP contribution in [0.15, 0.2) is 44.1 Å². The predicted octanol–water partition coefficient (Wildman–Crippen LogP) is 3.65. The molecule has 0 spiro atoms. The molecule has 11 heteroatoms. The van der Waals surface area contributed by atoms with Crippen molar-refractivity contribution >= 4 is 43.9 Å². The summed E-state index contributed by atoms with van der Waals surface area (Å²) < 4.78 is 30.2. The SMILES string of the molecule is CC(C)(C)c1cnc(CSc2cnc(Nc3ccc(S(N)(=O)=O)c(CCO)c3)s2)o1. The van der Waals surface area contributed by atoms with E-state index in [9.17, 15) is 13.5 Å². The predicted molar refractivity (Wildman–Crippen MR) is 119 cm³/mol. The van der Waals surface area contributed by atoms with Gasteiger partial charge >= 0.3 is 0 Å². The third-order valence-corrected chi connectivity index (χ3v) is 7.22. The number of primary sulfonamides is 1. The van der Waals surface area contributed by atoms with Gasteiger partial charge in [-0.2, -0.15) is 0 Å². The van der Waals surface area contributed by atoms with Crippen LogP contribution in [0.4, 0.5) is 10.8 Å². The summed E-state index contributed by atoms with van der Waals surface area (Å²) in [6.07, 6.45) is 3.72. The van der Waals surface area contributed by atoms with Crippen LogP contribution in [0.25, 0.3) is 0 Å². The number of thioether (sulfide) groups is 1. The van der Waals surface area contributed by atoms with Crippen LogP contribution in [0.1, 0.15) is 38.0 Å². The Kier molecular flexibility index (Phi) is 6.88. The highest BCUT2D eigenvalue weighted by Crippen LogP contribution is 2.33. The number of nitrogens with two attached hydrogens (primary N) is 1. The first-order chi connectivity index (χ1) is 14.1. The van der Waals surface area contributed by atoms with Gasteiger partial charge in [0.05, 0.1) is 27.3 Å². The van der Waals surface area contributed by atoms with E-state index in [2.05, 4.69) is 36.1 Å². The van der Waals surface area contributed by atoms with Crippen molar-refractivity contribution in [2.45, 2.75) is 47.5 Å². The van der Waals surface area contributed by atoms with Crippen LogP contribution in [0, 0.1) is 0 Å². The fraction of sp³-hybridized carbons (Fsp3) is 0.368. The van der Waals surface area contributed by atoms with Gasteiger partial charge in [-0.05, 0) is 30.2 Å². The second kappa shape index (κ2) is 9.06. The van der Waals surface area contributed by atoms with Gasteiger partial charge < -0.3 is 14.8 Å². The maximum atomic E-state index is 11.7. The first kappa shape index (κ1) is 22.8. The van der Waals surface area contributed by atoms with Crippen LogP contribution in [0.5, 0.6) is 0 Å². The molecule has 0 bridgehead atoms. The summed E-state index contributed by atoms with van der Waals surface area (Å²) in [5, 5.41) is 18.3. The standard InChI is InChI=1S/C19H24N4O4S3/c1-19(2,3)15-9-21-16(27-15)11-28-17-10-22-18(29-17)23-13-4-5-14(30(20,25)26)12(8-13)6-7-24/h4-5,8-10,24H,6-7,11H2,1-3H3,(H,22,23)(H2,20,25,26). The average molecular weight is 469 g/mol. The molecular weight excluding hydrogens is 444 g/mol. The van der Waals surface area contributed by atoms with Gasteiger partial charge in [0.1, 0.15) is 5.76 Å². The molecular formula is C19H24N4O4S3. The van der Waals surface area contributed by atoms with E-state index in [0.29, 0.717) is 28.0 Å². The number of nitrogens with zero attached hydrogens (tertiary/aromatic N) is 2. The van der Waals surface area contributed by atoms with E-state index in [4.69, 9.17) is 9.56 Å². The van der Waals surface area contributed by atoms with Gasteiger partial charge in [0, 0.05) is 17.7 Å². The van der Waals surface area contributed by atoms with Crippen LogP contribution < -0.4 is 10.5 Å². The van der Waals surface area contributed by atoms with Gasteiger partial charge in [0.2, 0.25) is 15.9 Å². The second-order valence-corrected chi connectivity index (χ2v) is 11.4. The number of aliphatic hydroxyl groups excluding tert-OH is 1. The lowest BCUT2D eigenvalue weighted by Crippen LogP contribution is -2.15. The zero-order valence-corrected chi connectivity index (χ0v) is 19.3. The lowest BCUT2D eigenvalue weighted by molar-refractivity contribution is 0.299. The Morgan fingerprint density at radius 2 is 2.03 bits per heavy atom. The fourth-order valence-corrected chi connectivity index (χ4v) is 5.14. The molecule has 0 aliphatic carbocycles. The number of oxazole rings is 1. The van der Waals surface area contributed by atoms with Crippen molar-refractivity contribution in [3.63, 3.8) is 0 Å². The van der Waals surface area contributed by atoms with Crippen molar-refractivity contribution < 1.29 is 17.9 Å². The maximum Gasteiger partial charge on any atom is 0.238 e. The number of nitrogens with one attached hydrogen (secondary N) is 1. The van der Waals surface area contributed by atoms with Crippen LogP contribution in [0.2, 0.25) is 0 Å². The molecule has 2 heterocycles. The van der Waals surface area contributed by atoms with Crippen molar-refractivity contribution in [2.75, 3.05) is 11.9 Å². The lowest BCUT2D eigenvalue weighted by Gasteiger charge is -2.12. The summed E-state index contributed by atoms with van der Waals surface area (Å²) in [5.41, 5.74) is 1.04. The van der Waals surface area contributed by atoms with Crippen molar-refractivity contribution in [2.24, 2.45) is 5.14 Å². The summed E-state index contributed by atoms with van der Waals surface area (Å²) >= 11 is 3.04. The van der Waals surface area contributed by atoms with Crippen molar-refractivity contribution in [3.8, 4) is 0 Å². The third-order valence-electron chi connectivity index (χ3n) is 4.11. The molecule has 30 heavy (non-hydrogen) atoms. The van der Waals surface area contributed by atoms with E-state index in [-0.39, 0.29) is 23.3 Å². The molecule has 3 rings (SSSR count). The number of rotatable bonds is 8. The number of sulfonamides is 1. The van der Waals surface area contributed by atoms with E-state index in [0.717, 1.165) is 9.97 Å². The van der Waals surface area contributed by atoms with Crippen LogP contribution >= 0.6 is 23.1 Å². The minimum absolute atomic E-state index is 0.0121. The average Bonchev–Trinajstić information content (AvgIpc) is 3.28. The van der Waals surface area contributed by atoms with E-state index in [1.807, 2.05) is 0 Å². The third kappa shape index (κ3) is 5.82. The molecule has 8 nitrogen and oxygen atoms in total. The van der Waals surface area contributed by atoms with E-state index in [1.54, 1.807) is 36.3 Å². The van der Waals surface area contributed by atoms with Crippen LogP contribution in [-0.2, 0) is 27.6 Å². The van der Waals surface area contributed by atoms with Gasteiger partial charge in [-0.3, -0.25) is 0 Å². The molecule has 2 aromatic heterocycles. The van der Waals surface area contributed by atoms with Gasteiger partial charge in [-0.25, -0.2) is 23.5 Å². The van der Waals surface area contributed by atoms with E-state index >= 15 is 0 Å². The molecule has 0 aliphatic heterocycles. The molecule has 1 aromatic carbocycles. The van der Waals surface area contributed by atoms with Crippen molar-refractivity contribution in [1.29, 1.82) is 0 Å². The summed E-state index contributed by atoms with van der Waals surface area (Å²) in [6, 6.07) is 4.71. The summed E-state index contributed by atoms with van der Waals surface area (Å²) in [6.45, 7) is 6.05. The van der Waals surface area contributed by atoms with Crippen molar-refractivity contribution in [1.82, 2.24) is 9.97 Å². The fourth-order valence-electron chi connectivity index (χ4n) is 2.61. The highest BCUT2D eigenvalue weighted by atomic mass is 32.2. The number of benzene rings is 1. The smallest absolute Gasteiger partial charge is 0.238 e. The highest BCUT2D eigenvalue weighted by molar-refractivity contribution is 8.00. The monoisotopic (exact) mass is 468 g/mol. The molecule has 0 radical (unpaired) electrons. The zero-order valence-electron chi connectivity index (χ0n) is 16.9. The molecule has 0 unspecified atom stereocenters. The number of anilines is 2. The minimum atomic E-state index is -3.85. The Morgan fingerprint density at radius 3 is 2.67 bits per heavy atom. The molecule has 0 saturated heterocycles. The molecule has 0 amide bonds. The maximum absolute atomic E-state index is 11.7. The van der Waals surface area contributed by atoms with Gasteiger partial charge in [0.25, 0.3) is 0 Å². The number of thiazole rings is 1. The Balaban J connectivity index is 1.67. The second-order valence-electron chi connectivity index (χ2n) is 7.61. The Hall–Kier alpha value is -1.92. The zero-order chi connectivity index (χ0) is 21.9. The van der Waals surface area contributed by atoms with Crippen LogP contribution in [0.3, 0.4) is 0 Å². The molecule has 0 atom stereocenters. The number of hydrogen-bond acceptors (Lipinski definition) is 9. The highest BCUT2D eigenvalue weighted by Gasteiger charge is 2.19. The largest absolute Gasteiger partial charge is 0.444 e. The van der Waals surface area contributed by atoms with Gasteiger partial charge in [-0.1, -0.05) is 32.1 Å². The number of aliphatic hydroxyl groups is 1. The summed E-state index contributed by atoms with van der Waals surface area (Å²) in [4.78, 5) is 8.70. The Labute approximate surface area is 184 Å². The molecule has 0 fully saturated rings.